The number of hydrogen-bond acceptors (Lipinski definition) is 6. The third-order valence-corrected chi connectivity index (χ3v) is 6.38. The topological polar surface area (TPSA) is 86.7 Å². The minimum absolute atomic E-state index is 0.212. The van der Waals surface area contributed by atoms with Gasteiger partial charge in [0.15, 0.2) is 0 Å². The molecule has 2 aliphatic rings. The normalized spacial score (nSPS) is 29.6. The number of Topliss-reactive ketones (excluding diaryl/α,β-unsaturated/α-hetero) is 2. The zero-order valence-electron chi connectivity index (χ0n) is 14.7. The summed E-state index contributed by atoms with van der Waals surface area (Å²) in [6, 6.07) is 5.86. The Hall–Kier alpha value is -2.50. The molecule has 0 heterocycles. The monoisotopic (exact) mass is 344 g/mol. The Labute approximate surface area is 145 Å². The largest absolute Gasteiger partial charge is 0.465 e. The summed E-state index contributed by atoms with van der Waals surface area (Å²) in [4.78, 5) is 49.4. The average Bonchev–Trinajstić information content (AvgIpc) is 2.86. The summed E-state index contributed by atoms with van der Waals surface area (Å²) in [5.41, 5.74) is -2.77. The van der Waals surface area contributed by atoms with Crippen molar-refractivity contribution in [1.82, 2.24) is 0 Å². The number of ketones is 2. The molecule has 0 amide bonds. The Morgan fingerprint density at radius 2 is 1.56 bits per heavy atom. The van der Waals surface area contributed by atoms with Crippen LogP contribution in [-0.4, -0.2) is 30.6 Å². The molecule has 2 aliphatic carbocycles. The van der Waals surface area contributed by atoms with Crippen LogP contribution in [0.15, 0.2) is 24.3 Å². The number of carbonyl (C=O) groups is 4. The second kappa shape index (κ2) is 5.25. The predicted octanol–water partition coefficient (Wildman–Crippen LogP) is 2.34. The number of carbonyl (C=O) groups excluding carboxylic acids is 4. The second-order valence-electron chi connectivity index (χ2n) is 7.43. The molecule has 132 valence electrons. The van der Waals surface area contributed by atoms with E-state index in [1.165, 1.54) is 31.4 Å². The van der Waals surface area contributed by atoms with Crippen LogP contribution in [0.25, 0.3) is 0 Å². The number of ether oxygens (including phenoxy) is 2. The van der Waals surface area contributed by atoms with Crippen molar-refractivity contribution < 1.29 is 28.7 Å². The van der Waals surface area contributed by atoms with Gasteiger partial charge in [0.25, 0.3) is 0 Å². The molecule has 2 fully saturated rings. The lowest BCUT2D eigenvalue weighted by molar-refractivity contribution is -0.157. The van der Waals surface area contributed by atoms with Crippen LogP contribution >= 0.6 is 0 Å². The minimum Gasteiger partial charge on any atom is -0.465 e. The van der Waals surface area contributed by atoms with Crippen molar-refractivity contribution in [3.8, 4) is 5.75 Å². The van der Waals surface area contributed by atoms with Crippen LogP contribution < -0.4 is 4.74 Å². The molecule has 3 rings (SSSR count). The Kier molecular flexibility index (Phi) is 3.64. The van der Waals surface area contributed by atoms with Crippen molar-refractivity contribution in [2.24, 2.45) is 16.2 Å². The van der Waals surface area contributed by atoms with Gasteiger partial charge in [-0.15, -0.1) is 0 Å². The lowest BCUT2D eigenvalue weighted by Crippen LogP contribution is -2.47. The summed E-state index contributed by atoms with van der Waals surface area (Å²) in [6.07, 6.45) is 0.793. The van der Waals surface area contributed by atoms with E-state index in [-0.39, 0.29) is 5.75 Å². The van der Waals surface area contributed by atoms with Gasteiger partial charge in [0.2, 0.25) is 11.6 Å². The lowest BCUT2D eigenvalue weighted by Gasteiger charge is -2.36. The highest BCUT2D eigenvalue weighted by Gasteiger charge is 2.78. The van der Waals surface area contributed by atoms with Crippen LogP contribution in [0.1, 0.15) is 44.0 Å². The molecule has 2 bridgehead atoms. The number of methoxy groups -OCH3 is 1. The molecule has 6 heteroatoms. The zero-order valence-corrected chi connectivity index (χ0v) is 14.7. The van der Waals surface area contributed by atoms with Gasteiger partial charge in [-0.2, -0.15) is 0 Å². The zero-order chi connectivity index (χ0) is 18.6. The van der Waals surface area contributed by atoms with E-state index < -0.39 is 39.8 Å². The van der Waals surface area contributed by atoms with E-state index in [1.54, 1.807) is 20.8 Å². The first-order valence-electron chi connectivity index (χ1n) is 8.12. The van der Waals surface area contributed by atoms with Gasteiger partial charge >= 0.3 is 11.9 Å². The average molecular weight is 344 g/mol. The number of rotatable bonds is 3. The molecule has 2 atom stereocenters. The summed E-state index contributed by atoms with van der Waals surface area (Å²) < 4.78 is 10.0. The third kappa shape index (κ3) is 1.97. The molecule has 0 N–H and O–H groups in total. The van der Waals surface area contributed by atoms with Crippen molar-refractivity contribution in [2.45, 2.75) is 33.6 Å². The first kappa shape index (κ1) is 17.3. The molecule has 0 saturated heterocycles. The van der Waals surface area contributed by atoms with Crippen molar-refractivity contribution in [3.63, 3.8) is 0 Å². The van der Waals surface area contributed by atoms with Gasteiger partial charge in [0.1, 0.15) is 11.2 Å². The van der Waals surface area contributed by atoms with Crippen LogP contribution in [0, 0.1) is 16.2 Å². The van der Waals surface area contributed by atoms with E-state index in [2.05, 4.69) is 4.74 Å². The van der Waals surface area contributed by atoms with Crippen LogP contribution in [0.5, 0.6) is 5.75 Å². The van der Waals surface area contributed by atoms with Crippen LogP contribution in [0.3, 0.4) is 0 Å². The first-order chi connectivity index (χ1) is 11.6. The Morgan fingerprint density at radius 1 is 0.960 bits per heavy atom. The lowest BCUT2D eigenvalue weighted by atomic mass is 9.65. The molecule has 1 aromatic rings. The van der Waals surface area contributed by atoms with E-state index in [0.29, 0.717) is 18.4 Å². The number of fused-ring (bicyclic) bond motifs is 2. The predicted molar refractivity (Wildman–Crippen MR) is 87.0 cm³/mol. The van der Waals surface area contributed by atoms with Crippen LogP contribution in [-0.2, 0) is 19.1 Å². The number of hydrogen-bond donors (Lipinski definition) is 0. The molecule has 25 heavy (non-hydrogen) atoms. The van der Waals surface area contributed by atoms with E-state index in [0.717, 1.165) is 0 Å². The van der Waals surface area contributed by atoms with E-state index >= 15 is 0 Å². The molecular formula is C19H20O6. The summed E-state index contributed by atoms with van der Waals surface area (Å²) in [6.45, 7) is 5.31. The Balaban J connectivity index is 1.90. The van der Waals surface area contributed by atoms with Gasteiger partial charge in [-0.3, -0.25) is 14.4 Å². The van der Waals surface area contributed by atoms with Crippen LogP contribution in [0.4, 0.5) is 0 Å². The highest BCUT2D eigenvalue weighted by Crippen LogP contribution is 2.69. The van der Waals surface area contributed by atoms with E-state index in [9.17, 15) is 19.2 Å². The summed E-state index contributed by atoms with van der Waals surface area (Å²) in [7, 11) is 1.28. The molecule has 0 aliphatic heterocycles. The Bertz CT molecular complexity index is 791. The number of benzene rings is 1. The maximum atomic E-state index is 12.9. The Morgan fingerprint density at radius 3 is 2.04 bits per heavy atom. The molecule has 6 nitrogen and oxygen atoms in total. The smallest absolute Gasteiger partial charge is 0.337 e. The van der Waals surface area contributed by atoms with E-state index in [4.69, 9.17) is 4.74 Å². The maximum absolute atomic E-state index is 12.9. The summed E-state index contributed by atoms with van der Waals surface area (Å²) >= 11 is 0. The molecule has 0 radical (unpaired) electrons. The van der Waals surface area contributed by atoms with Crippen molar-refractivity contribution in [2.75, 3.05) is 7.11 Å². The molecule has 0 unspecified atom stereocenters. The van der Waals surface area contributed by atoms with Crippen LogP contribution in [0.2, 0.25) is 0 Å². The summed E-state index contributed by atoms with van der Waals surface area (Å²) in [5.74, 6) is -2.13. The molecule has 1 aromatic carbocycles. The fourth-order valence-corrected chi connectivity index (χ4v) is 4.19. The second-order valence-corrected chi connectivity index (χ2v) is 7.43. The van der Waals surface area contributed by atoms with Gasteiger partial charge in [0, 0.05) is 10.8 Å². The highest BCUT2D eigenvalue weighted by atomic mass is 16.5. The van der Waals surface area contributed by atoms with E-state index in [1.807, 2.05) is 0 Å². The standard InChI is InChI=1S/C19H20O6/c1-17(2)18(3)9-10-19(17,14(21)13(18)20)16(23)25-12-7-5-11(6-8-12)15(22)24-4/h5-8H,9-10H2,1-4H3/t18-,19+/m1/s1. The van der Waals surface area contributed by atoms with Gasteiger partial charge in [-0.25, -0.2) is 4.79 Å². The minimum atomic E-state index is -1.44. The quantitative estimate of drug-likeness (QED) is 0.362. The van der Waals surface area contributed by atoms with Gasteiger partial charge in [-0.1, -0.05) is 20.8 Å². The van der Waals surface area contributed by atoms with Gasteiger partial charge in [-0.05, 0) is 37.1 Å². The van der Waals surface area contributed by atoms with Crippen molar-refractivity contribution in [3.05, 3.63) is 29.8 Å². The highest BCUT2D eigenvalue weighted by molar-refractivity contribution is 6.48. The molecule has 0 aromatic heterocycles. The fraction of sp³-hybridized carbons (Fsp3) is 0.474. The molecular weight excluding hydrogens is 324 g/mol. The summed E-state index contributed by atoms with van der Waals surface area (Å²) in [5, 5.41) is 0. The maximum Gasteiger partial charge on any atom is 0.337 e. The molecule has 0 spiro atoms. The van der Waals surface area contributed by atoms with Gasteiger partial charge < -0.3 is 9.47 Å². The molecule has 2 saturated carbocycles. The fourth-order valence-electron chi connectivity index (χ4n) is 4.19. The van der Waals surface area contributed by atoms with Crippen molar-refractivity contribution in [1.29, 1.82) is 0 Å². The van der Waals surface area contributed by atoms with Gasteiger partial charge in [0.05, 0.1) is 12.7 Å². The third-order valence-electron chi connectivity index (χ3n) is 6.38. The SMILES string of the molecule is COC(=O)c1ccc(OC(=O)[C@]23CC[C@](C)(C(=O)C2=O)C3(C)C)cc1. The first-order valence-corrected chi connectivity index (χ1v) is 8.12. The van der Waals surface area contributed by atoms with Crippen molar-refractivity contribution >= 4 is 23.5 Å². The number of esters is 2.